The Bertz CT molecular complexity index is 504. The molecule has 2 aliphatic heterocycles. The number of likely N-dealkylation sites (tertiary alicyclic amines) is 2. The van der Waals surface area contributed by atoms with Gasteiger partial charge in [-0.2, -0.15) is 0 Å². The minimum absolute atomic E-state index is 0.00482. The summed E-state index contributed by atoms with van der Waals surface area (Å²) in [7, 11) is 0. The van der Waals surface area contributed by atoms with E-state index < -0.39 is 0 Å². The molecule has 134 valence electrons. The van der Waals surface area contributed by atoms with Gasteiger partial charge in [-0.05, 0) is 63.7 Å². The molecule has 2 fully saturated rings. The van der Waals surface area contributed by atoms with Gasteiger partial charge in [-0.1, -0.05) is 0 Å². The van der Waals surface area contributed by atoms with Crippen molar-refractivity contribution < 1.29 is 14.3 Å². The molecule has 24 heavy (non-hydrogen) atoms. The number of nitrogens with one attached hydrogen (secondary N) is 1. The van der Waals surface area contributed by atoms with E-state index in [1.54, 1.807) is 6.26 Å². The monoisotopic (exact) mass is 335 g/mol. The van der Waals surface area contributed by atoms with Crippen LogP contribution in [0.3, 0.4) is 0 Å². The summed E-state index contributed by atoms with van der Waals surface area (Å²) in [6.07, 6.45) is 5.57. The zero-order valence-electron chi connectivity index (χ0n) is 14.5. The van der Waals surface area contributed by atoms with Crippen LogP contribution in [0, 0.1) is 5.92 Å². The van der Waals surface area contributed by atoms with E-state index in [1.807, 2.05) is 24.0 Å². The van der Waals surface area contributed by atoms with Gasteiger partial charge in [-0.15, -0.1) is 0 Å². The zero-order chi connectivity index (χ0) is 16.9. The van der Waals surface area contributed by atoms with Gasteiger partial charge in [0.15, 0.2) is 0 Å². The third-order valence-electron chi connectivity index (χ3n) is 5.41. The quantitative estimate of drug-likeness (QED) is 0.866. The van der Waals surface area contributed by atoms with E-state index in [-0.39, 0.29) is 18.2 Å². The molecule has 0 bridgehead atoms. The molecule has 3 rings (SSSR count). The largest absolute Gasteiger partial charge is 0.468 e. The van der Waals surface area contributed by atoms with E-state index in [2.05, 4.69) is 10.2 Å². The molecular weight excluding hydrogens is 306 g/mol. The maximum atomic E-state index is 12.5. The van der Waals surface area contributed by atoms with Crippen molar-refractivity contribution >= 4 is 6.03 Å². The number of carbonyl (C=O) groups is 1. The Labute approximate surface area is 143 Å². The molecule has 2 N–H and O–H groups in total. The molecule has 2 atom stereocenters. The smallest absolute Gasteiger partial charge is 0.317 e. The fraction of sp³-hybridized carbons (Fsp3) is 0.722. The number of aliphatic hydroxyl groups excluding tert-OH is 1. The van der Waals surface area contributed by atoms with E-state index in [4.69, 9.17) is 4.42 Å². The molecule has 6 nitrogen and oxygen atoms in total. The minimum Gasteiger partial charge on any atom is -0.468 e. The molecule has 0 saturated carbocycles. The van der Waals surface area contributed by atoms with Gasteiger partial charge in [0.2, 0.25) is 0 Å². The van der Waals surface area contributed by atoms with E-state index in [1.165, 1.54) is 12.8 Å². The molecular formula is C18H29N3O3. The number of aliphatic hydroxyl groups is 1. The Kier molecular flexibility index (Phi) is 5.79. The Morgan fingerprint density at radius 3 is 2.62 bits per heavy atom. The maximum Gasteiger partial charge on any atom is 0.317 e. The predicted octanol–water partition coefficient (Wildman–Crippen LogP) is 2.22. The second-order valence-electron chi connectivity index (χ2n) is 7.03. The predicted molar refractivity (Wildman–Crippen MR) is 91.6 cm³/mol. The first-order valence-corrected chi connectivity index (χ1v) is 9.13. The minimum atomic E-state index is -0.284. The van der Waals surface area contributed by atoms with Crippen molar-refractivity contribution in [3.63, 3.8) is 0 Å². The van der Waals surface area contributed by atoms with Crippen molar-refractivity contribution in [2.24, 2.45) is 5.92 Å². The van der Waals surface area contributed by atoms with Crippen LogP contribution in [0.15, 0.2) is 22.8 Å². The van der Waals surface area contributed by atoms with Gasteiger partial charge >= 0.3 is 6.03 Å². The van der Waals surface area contributed by atoms with Crippen LogP contribution in [0.2, 0.25) is 0 Å². The fourth-order valence-electron chi connectivity index (χ4n) is 3.82. The first kappa shape index (κ1) is 17.3. The number of hydrogen-bond acceptors (Lipinski definition) is 4. The van der Waals surface area contributed by atoms with Crippen molar-refractivity contribution in [3.8, 4) is 0 Å². The van der Waals surface area contributed by atoms with Crippen molar-refractivity contribution in [2.75, 3.05) is 32.7 Å². The summed E-state index contributed by atoms with van der Waals surface area (Å²) in [6, 6.07) is 4.00. The van der Waals surface area contributed by atoms with Gasteiger partial charge in [0.05, 0.1) is 18.4 Å². The lowest BCUT2D eigenvalue weighted by Crippen LogP contribution is -2.47. The standard InChI is InChI=1S/C18H29N3O3/c1-14(22)15-6-10-21(11-7-15)18(23)19-13-16(17-5-4-12-24-17)20-8-2-3-9-20/h4-5,12,14-16,22H,2-3,6-11,13H2,1H3,(H,19,23)/t14-,16-/m1/s1. The Morgan fingerprint density at radius 1 is 1.33 bits per heavy atom. The summed E-state index contributed by atoms with van der Waals surface area (Å²) in [5.74, 6) is 1.24. The second-order valence-corrected chi connectivity index (χ2v) is 7.03. The van der Waals surface area contributed by atoms with Crippen LogP contribution in [0.5, 0.6) is 0 Å². The lowest BCUT2D eigenvalue weighted by molar-refractivity contribution is 0.0793. The number of hydrogen-bond donors (Lipinski definition) is 2. The highest BCUT2D eigenvalue weighted by Crippen LogP contribution is 2.25. The highest BCUT2D eigenvalue weighted by atomic mass is 16.3. The molecule has 0 aromatic carbocycles. The van der Waals surface area contributed by atoms with Crippen molar-refractivity contribution in [1.29, 1.82) is 0 Å². The maximum absolute atomic E-state index is 12.5. The van der Waals surface area contributed by atoms with Crippen LogP contribution < -0.4 is 5.32 Å². The van der Waals surface area contributed by atoms with Gasteiger partial charge in [-0.3, -0.25) is 4.90 Å². The van der Waals surface area contributed by atoms with Gasteiger partial charge in [0.1, 0.15) is 5.76 Å². The molecule has 3 heterocycles. The van der Waals surface area contributed by atoms with Crippen LogP contribution in [0.4, 0.5) is 4.79 Å². The van der Waals surface area contributed by atoms with Crippen molar-refractivity contribution in [3.05, 3.63) is 24.2 Å². The summed E-state index contributed by atoms with van der Waals surface area (Å²) in [6.45, 7) is 5.96. The summed E-state index contributed by atoms with van der Waals surface area (Å²) in [5.41, 5.74) is 0. The first-order valence-electron chi connectivity index (χ1n) is 9.13. The molecule has 0 radical (unpaired) electrons. The summed E-state index contributed by atoms with van der Waals surface area (Å²) >= 11 is 0. The third-order valence-corrected chi connectivity index (χ3v) is 5.41. The number of carbonyl (C=O) groups excluding carboxylic acids is 1. The van der Waals surface area contributed by atoms with Crippen molar-refractivity contribution in [1.82, 2.24) is 15.1 Å². The van der Waals surface area contributed by atoms with E-state index >= 15 is 0 Å². The lowest BCUT2D eigenvalue weighted by Gasteiger charge is -2.34. The van der Waals surface area contributed by atoms with Gasteiger partial charge in [0, 0.05) is 19.6 Å². The van der Waals surface area contributed by atoms with E-state index in [0.717, 1.165) is 44.8 Å². The summed E-state index contributed by atoms with van der Waals surface area (Å²) in [5, 5.41) is 12.8. The SMILES string of the molecule is C[C@@H](O)C1CCN(C(=O)NC[C@H](c2ccco2)N2CCCC2)CC1. The summed E-state index contributed by atoms with van der Waals surface area (Å²) in [4.78, 5) is 16.7. The van der Waals surface area contributed by atoms with Crippen LogP contribution >= 0.6 is 0 Å². The van der Waals surface area contributed by atoms with Crippen LogP contribution in [-0.2, 0) is 0 Å². The van der Waals surface area contributed by atoms with Gasteiger partial charge in [-0.25, -0.2) is 4.79 Å². The van der Waals surface area contributed by atoms with Gasteiger partial charge < -0.3 is 19.7 Å². The van der Waals surface area contributed by atoms with Crippen molar-refractivity contribution in [2.45, 2.75) is 44.8 Å². The Morgan fingerprint density at radius 2 is 2.04 bits per heavy atom. The number of nitrogens with zero attached hydrogens (tertiary/aromatic N) is 2. The lowest BCUT2D eigenvalue weighted by atomic mass is 9.92. The molecule has 0 unspecified atom stereocenters. The molecule has 6 heteroatoms. The number of rotatable bonds is 5. The third kappa shape index (κ3) is 4.11. The van der Waals surface area contributed by atoms with Crippen LogP contribution in [-0.4, -0.2) is 59.8 Å². The zero-order valence-corrected chi connectivity index (χ0v) is 14.5. The molecule has 2 aliphatic rings. The molecule has 1 aromatic heterocycles. The van der Waals surface area contributed by atoms with E-state index in [0.29, 0.717) is 12.5 Å². The second kappa shape index (κ2) is 8.03. The molecule has 0 aliphatic carbocycles. The highest BCUT2D eigenvalue weighted by molar-refractivity contribution is 5.74. The number of furan rings is 1. The Hall–Kier alpha value is -1.53. The summed E-state index contributed by atoms with van der Waals surface area (Å²) < 4.78 is 5.59. The first-order chi connectivity index (χ1) is 11.6. The molecule has 2 saturated heterocycles. The fourth-order valence-corrected chi connectivity index (χ4v) is 3.82. The number of urea groups is 1. The van der Waals surface area contributed by atoms with Crippen LogP contribution in [0.1, 0.15) is 44.4 Å². The van der Waals surface area contributed by atoms with E-state index in [9.17, 15) is 9.90 Å². The molecule has 1 aromatic rings. The Balaban J connectivity index is 1.52. The van der Waals surface area contributed by atoms with Crippen LogP contribution in [0.25, 0.3) is 0 Å². The highest BCUT2D eigenvalue weighted by Gasteiger charge is 2.28. The van der Waals surface area contributed by atoms with Gasteiger partial charge in [0.25, 0.3) is 0 Å². The molecule has 2 amide bonds. The average Bonchev–Trinajstić information content (AvgIpc) is 3.29. The molecule has 0 spiro atoms. The number of amides is 2. The number of piperidine rings is 1. The normalized spacial score (nSPS) is 22.5. The average molecular weight is 335 g/mol. The topological polar surface area (TPSA) is 69.0 Å².